The van der Waals surface area contributed by atoms with Crippen molar-refractivity contribution in [2.75, 3.05) is 23.3 Å². The fourth-order valence-corrected chi connectivity index (χ4v) is 5.34. The Kier molecular flexibility index (Phi) is 6.11. The molecule has 4 atom stereocenters. The van der Waals surface area contributed by atoms with Gasteiger partial charge in [-0.2, -0.15) is 10.1 Å². The van der Waals surface area contributed by atoms with Gasteiger partial charge in [-0.1, -0.05) is 0 Å². The van der Waals surface area contributed by atoms with Crippen LogP contribution in [0.25, 0.3) is 21.8 Å². The molecule has 4 unspecified atom stereocenters. The molecule has 10 nitrogen and oxygen atoms in total. The third-order valence-electron chi connectivity index (χ3n) is 7.22. The van der Waals surface area contributed by atoms with E-state index in [9.17, 15) is 14.3 Å². The topological polar surface area (TPSA) is 117 Å². The van der Waals surface area contributed by atoms with E-state index in [4.69, 9.17) is 4.74 Å². The molecule has 2 aromatic heterocycles. The molecule has 1 aliphatic heterocycles. The number of aryl methyl sites for hydroxylation is 1. The monoisotopic (exact) mass is 519 g/mol. The van der Waals surface area contributed by atoms with Crippen molar-refractivity contribution in [1.29, 1.82) is 0 Å². The van der Waals surface area contributed by atoms with E-state index in [1.165, 1.54) is 10.7 Å². The fourth-order valence-electron chi connectivity index (χ4n) is 5.34. The number of anilines is 2. The summed E-state index contributed by atoms with van der Waals surface area (Å²) in [5.74, 6) is -0.947. The second-order valence-electron chi connectivity index (χ2n) is 10.4. The molecule has 4 aromatic rings. The van der Waals surface area contributed by atoms with E-state index in [0.717, 1.165) is 25.2 Å². The number of halogens is 1. The van der Waals surface area contributed by atoms with Crippen LogP contribution in [0.15, 0.2) is 36.7 Å². The molecule has 11 heteroatoms. The molecule has 0 bridgehead atoms. The average molecular weight is 520 g/mol. The maximum absolute atomic E-state index is 14.6. The molecule has 3 heterocycles. The zero-order chi connectivity index (χ0) is 26.6. The first-order valence-corrected chi connectivity index (χ1v) is 12.8. The number of benzene rings is 2. The summed E-state index contributed by atoms with van der Waals surface area (Å²) in [6.07, 6.45) is 3.84. The predicted molar refractivity (Wildman–Crippen MR) is 142 cm³/mol. The second kappa shape index (κ2) is 9.48. The van der Waals surface area contributed by atoms with Gasteiger partial charge in [0.15, 0.2) is 5.82 Å². The van der Waals surface area contributed by atoms with E-state index in [1.807, 2.05) is 6.07 Å². The molecule has 2 aliphatic rings. The highest BCUT2D eigenvalue weighted by Crippen LogP contribution is 2.32. The molecule has 0 radical (unpaired) electrons. The van der Waals surface area contributed by atoms with E-state index in [0.29, 0.717) is 34.0 Å². The molecule has 1 aliphatic carbocycles. The Hall–Kier alpha value is -3.83. The van der Waals surface area contributed by atoms with Gasteiger partial charge < -0.3 is 25.4 Å². The van der Waals surface area contributed by atoms with Gasteiger partial charge in [-0.15, -0.1) is 0 Å². The van der Waals surface area contributed by atoms with Gasteiger partial charge >= 0.3 is 6.01 Å². The van der Waals surface area contributed by atoms with Crippen LogP contribution in [0.4, 0.5) is 15.8 Å². The van der Waals surface area contributed by atoms with Crippen LogP contribution < -0.4 is 20.3 Å². The van der Waals surface area contributed by atoms with Gasteiger partial charge in [0.25, 0.3) is 5.91 Å². The van der Waals surface area contributed by atoms with E-state index < -0.39 is 17.8 Å². The van der Waals surface area contributed by atoms with Crippen molar-refractivity contribution >= 4 is 39.1 Å². The molecular formula is C27H30FN7O3. The number of aliphatic hydroxyl groups is 1. The van der Waals surface area contributed by atoms with Crippen molar-refractivity contribution in [3.8, 4) is 6.01 Å². The second-order valence-corrected chi connectivity index (χ2v) is 10.4. The van der Waals surface area contributed by atoms with Crippen LogP contribution in [0.3, 0.4) is 0 Å². The summed E-state index contributed by atoms with van der Waals surface area (Å²) in [7, 11) is 1.72. The first kappa shape index (κ1) is 24.5. The van der Waals surface area contributed by atoms with Gasteiger partial charge in [-0.25, -0.2) is 9.37 Å². The largest absolute Gasteiger partial charge is 0.457 e. The molecule has 38 heavy (non-hydrogen) atoms. The number of aliphatic hydroxyl groups excluding tert-OH is 1. The zero-order valence-electron chi connectivity index (χ0n) is 21.5. The molecular weight excluding hydrogens is 489 g/mol. The number of aromatic nitrogens is 4. The number of ether oxygens (including phenoxy) is 1. The van der Waals surface area contributed by atoms with Crippen LogP contribution in [0.1, 0.15) is 37.0 Å². The lowest BCUT2D eigenvalue weighted by molar-refractivity contribution is -0.0404. The Morgan fingerprint density at radius 3 is 2.68 bits per heavy atom. The normalized spacial score (nSPS) is 23.4. The maximum Gasteiger partial charge on any atom is 0.317 e. The van der Waals surface area contributed by atoms with Crippen LogP contribution in [-0.4, -0.2) is 68.1 Å². The first-order chi connectivity index (χ1) is 18.2. The van der Waals surface area contributed by atoms with Crippen LogP contribution in [0.5, 0.6) is 6.01 Å². The Balaban J connectivity index is 1.39. The lowest BCUT2D eigenvalue weighted by Crippen LogP contribution is -2.54. The molecule has 3 N–H and O–H groups in total. The fraction of sp³-hybridized carbons (Fsp3) is 0.407. The molecule has 0 spiro atoms. The summed E-state index contributed by atoms with van der Waals surface area (Å²) in [4.78, 5) is 24.8. The highest BCUT2D eigenvalue weighted by Gasteiger charge is 2.32. The van der Waals surface area contributed by atoms with Crippen LogP contribution in [-0.2, 0) is 7.05 Å². The predicted octanol–water partition coefficient (Wildman–Crippen LogP) is 3.00. The van der Waals surface area contributed by atoms with Crippen molar-refractivity contribution in [3.63, 3.8) is 0 Å². The zero-order valence-corrected chi connectivity index (χ0v) is 21.5. The molecule has 6 rings (SSSR count). The number of carbonyl (C=O) groups is 1. The van der Waals surface area contributed by atoms with Crippen molar-refractivity contribution in [1.82, 2.24) is 25.1 Å². The van der Waals surface area contributed by atoms with E-state index in [2.05, 4.69) is 44.4 Å². The summed E-state index contributed by atoms with van der Waals surface area (Å²) in [6.45, 7) is 5.86. The molecule has 198 valence electrons. The van der Waals surface area contributed by atoms with E-state index in [-0.39, 0.29) is 29.7 Å². The number of hydrogen-bond acceptors (Lipinski definition) is 8. The minimum atomic E-state index is -0.551. The molecule has 2 aromatic carbocycles. The Morgan fingerprint density at radius 2 is 1.97 bits per heavy atom. The number of rotatable bonds is 5. The van der Waals surface area contributed by atoms with Crippen LogP contribution >= 0.6 is 0 Å². The molecule has 2 fully saturated rings. The minimum Gasteiger partial charge on any atom is -0.457 e. The van der Waals surface area contributed by atoms with Gasteiger partial charge in [0.05, 0.1) is 17.2 Å². The van der Waals surface area contributed by atoms with Gasteiger partial charge in [0.2, 0.25) is 0 Å². The standard InChI is InChI=1S/C27H30FN7O3/c1-14-11-35(12-15(2)30-14)21-5-4-18(25-19(21)10-29-27(32-25)38-23-7-6-22(23)36)26(37)31-17-8-16-13-34(3)33-24(16)20(28)9-17/h4-5,8-10,13-15,22-23,30,36H,6-7,11-12H2,1-3H3,(H,31,37). The maximum atomic E-state index is 14.6. The average Bonchev–Trinajstić information content (AvgIpc) is 3.25. The van der Waals surface area contributed by atoms with Crippen LogP contribution in [0.2, 0.25) is 0 Å². The Morgan fingerprint density at radius 1 is 1.18 bits per heavy atom. The van der Waals surface area contributed by atoms with Gasteiger partial charge in [-0.05, 0) is 51.0 Å². The summed E-state index contributed by atoms with van der Waals surface area (Å²) in [5.41, 5.74) is 2.23. The summed E-state index contributed by atoms with van der Waals surface area (Å²) < 4.78 is 22.0. The number of nitrogens with one attached hydrogen (secondary N) is 2. The third kappa shape index (κ3) is 4.52. The van der Waals surface area contributed by atoms with Crippen molar-refractivity contribution < 1.29 is 19.0 Å². The summed E-state index contributed by atoms with van der Waals surface area (Å²) in [5, 5.41) is 21.7. The molecule has 1 saturated heterocycles. The smallest absolute Gasteiger partial charge is 0.317 e. The summed E-state index contributed by atoms with van der Waals surface area (Å²) >= 11 is 0. The van der Waals surface area contributed by atoms with Gasteiger partial charge in [0, 0.05) is 66.8 Å². The minimum absolute atomic E-state index is 0.109. The lowest BCUT2D eigenvalue weighted by Gasteiger charge is -2.38. The van der Waals surface area contributed by atoms with Crippen LogP contribution in [0, 0.1) is 5.82 Å². The number of nitrogens with zero attached hydrogens (tertiary/aromatic N) is 5. The SMILES string of the molecule is CC1CN(c2ccc(C(=O)Nc3cc(F)c4nn(C)cc4c3)c3nc(OC4CCC4O)ncc23)CC(C)N1. The van der Waals surface area contributed by atoms with Gasteiger partial charge in [-0.3, -0.25) is 9.48 Å². The van der Waals surface area contributed by atoms with E-state index >= 15 is 0 Å². The molecule has 1 saturated carbocycles. The highest BCUT2D eigenvalue weighted by molar-refractivity contribution is 6.14. The van der Waals surface area contributed by atoms with E-state index in [1.54, 1.807) is 31.6 Å². The lowest BCUT2D eigenvalue weighted by atomic mass is 9.92. The van der Waals surface area contributed by atoms with Gasteiger partial charge in [0.1, 0.15) is 11.6 Å². The Bertz CT molecular complexity index is 1530. The van der Waals surface area contributed by atoms with Crippen molar-refractivity contribution in [2.45, 2.75) is 51.0 Å². The van der Waals surface area contributed by atoms with Crippen molar-refractivity contribution in [3.05, 3.63) is 48.0 Å². The van der Waals surface area contributed by atoms with Crippen molar-refractivity contribution in [2.24, 2.45) is 7.05 Å². The number of amides is 1. The summed E-state index contributed by atoms with van der Waals surface area (Å²) in [6, 6.07) is 7.28. The quantitative estimate of drug-likeness (QED) is 0.369. The molecule has 1 amide bonds. The third-order valence-corrected chi connectivity index (χ3v) is 7.22. The number of carbonyl (C=O) groups excluding carboxylic acids is 1. The highest BCUT2D eigenvalue weighted by atomic mass is 19.1. The first-order valence-electron chi connectivity index (χ1n) is 12.8. The Labute approximate surface area is 218 Å². The number of hydrogen-bond donors (Lipinski definition) is 3. The number of fused-ring (bicyclic) bond motifs is 2. The number of piperazine rings is 1.